The van der Waals surface area contributed by atoms with Gasteiger partial charge < -0.3 is 4.74 Å². The highest BCUT2D eigenvalue weighted by molar-refractivity contribution is 7.99. The fraction of sp³-hybridized carbons (Fsp3) is 0.154. The van der Waals surface area contributed by atoms with Gasteiger partial charge in [-0.2, -0.15) is 5.10 Å². The monoisotopic (exact) mass is 471 g/mol. The van der Waals surface area contributed by atoms with Crippen molar-refractivity contribution < 1.29 is 9.53 Å². The van der Waals surface area contributed by atoms with Crippen LogP contribution in [-0.2, 0) is 4.79 Å². The molecule has 0 saturated carbocycles. The number of nitrogens with zero attached hydrogens (tertiary/aromatic N) is 4. The molecule has 4 rings (SSSR count). The topological polar surface area (TPSA) is 81.4 Å². The SMILES string of the molecule is CCOc1ccc(-n2c(SCC(=O)N/N=C/c3cccc(C)c3)nnc2-c2ccccc2)cc1. The molecule has 0 saturated heterocycles. The van der Waals surface area contributed by atoms with Crippen molar-refractivity contribution in [2.24, 2.45) is 5.10 Å². The number of benzene rings is 3. The summed E-state index contributed by atoms with van der Waals surface area (Å²) in [6.07, 6.45) is 1.63. The number of nitrogens with one attached hydrogen (secondary N) is 1. The van der Waals surface area contributed by atoms with Gasteiger partial charge in [-0.15, -0.1) is 10.2 Å². The minimum atomic E-state index is -0.226. The number of hydrazone groups is 1. The molecular weight excluding hydrogens is 446 g/mol. The highest BCUT2D eigenvalue weighted by Gasteiger charge is 2.17. The summed E-state index contributed by atoms with van der Waals surface area (Å²) in [7, 11) is 0. The Balaban J connectivity index is 1.51. The summed E-state index contributed by atoms with van der Waals surface area (Å²) in [4.78, 5) is 12.4. The second kappa shape index (κ2) is 11.3. The molecule has 8 heteroatoms. The van der Waals surface area contributed by atoms with Gasteiger partial charge >= 0.3 is 0 Å². The molecule has 3 aromatic carbocycles. The Kier molecular flexibility index (Phi) is 7.72. The zero-order chi connectivity index (χ0) is 23.8. The zero-order valence-electron chi connectivity index (χ0n) is 19.0. The van der Waals surface area contributed by atoms with E-state index < -0.39 is 0 Å². The Bertz CT molecular complexity index is 1270. The maximum Gasteiger partial charge on any atom is 0.250 e. The van der Waals surface area contributed by atoms with E-state index >= 15 is 0 Å². The van der Waals surface area contributed by atoms with E-state index in [1.54, 1.807) is 6.21 Å². The van der Waals surface area contributed by atoms with Crippen LogP contribution in [0.15, 0.2) is 89.1 Å². The summed E-state index contributed by atoms with van der Waals surface area (Å²) < 4.78 is 7.51. The summed E-state index contributed by atoms with van der Waals surface area (Å²) in [6, 6.07) is 25.5. The van der Waals surface area contributed by atoms with Gasteiger partial charge in [0.1, 0.15) is 5.75 Å². The van der Waals surface area contributed by atoms with Crippen LogP contribution in [0.1, 0.15) is 18.1 Å². The third-order valence-corrected chi connectivity index (χ3v) is 5.78. The van der Waals surface area contributed by atoms with Gasteiger partial charge in [0.05, 0.1) is 18.6 Å². The van der Waals surface area contributed by atoms with E-state index in [4.69, 9.17) is 4.74 Å². The van der Waals surface area contributed by atoms with Crippen LogP contribution in [0.5, 0.6) is 5.75 Å². The molecule has 0 aliphatic heterocycles. The lowest BCUT2D eigenvalue weighted by molar-refractivity contribution is -0.118. The maximum atomic E-state index is 12.4. The Labute approximate surface area is 202 Å². The number of aryl methyl sites for hydroxylation is 1. The molecule has 1 heterocycles. The van der Waals surface area contributed by atoms with Crippen LogP contribution in [-0.4, -0.2) is 39.2 Å². The van der Waals surface area contributed by atoms with Crippen molar-refractivity contribution in [2.45, 2.75) is 19.0 Å². The largest absolute Gasteiger partial charge is 0.494 e. The van der Waals surface area contributed by atoms with E-state index in [-0.39, 0.29) is 11.7 Å². The summed E-state index contributed by atoms with van der Waals surface area (Å²) in [5, 5.41) is 13.4. The third kappa shape index (κ3) is 5.90. The number of ether oxygens (including phenoxy) is 1. The molecule has 34 heavy (non-hydrogen) atoms. The van der Waals surface area contributed by atoms with Gasteiger partial charge in [0.2, 0.25) is 0 Å². The van der Waals surface area contributed by atoms with Crippen LogP contribution in [0.2, 0.25) is 0 Å². The quantitative estimate of drug-likeness (QED) is 0.214. The Hall–Kier alpha value is -3.91. The van der Waals surface area contributed by atoms with Crippen molar-refractivity contribution in [3.05, 3.63) is 90.0 Å². The van der Waals surface area contributed by atoms with E-state index in [1.807, 2.05) is 97.3 Å². The van der Waals surface area contributed by atoms with E-state index in [0.29, 0.717) is 17.6 Å². The molecule has 1 N–H and O–H groups in total. The van der Waals surface area contributed by atoms with Gasteiger partial charge in [-0.1, -0.05) is 71.9 Å². The van der Waals surface area contributed by atoms with E-state index in [0.717, 1.165) is 28.1 Å². The standard InChI is InChI=1S/C26H25N5O2S/c1-3-33-23-14-12-22(13-15-23)31-25(21-10-5-4-6-11-21)29-30-26(31)34-18-24(32)28-27-17-20-9-7-8-19(2)16-20/h4-17H,3,18H2,1-2H3,(H,28,32)/b27-17+. The zero-order valence-corrected chi connectivity index (χ0v) is 19.8. The number of amides is 1. The second-order valence-corrected chi connectivity index (χ2v) is 8.37. The number of hydrogen-bond acceptors (Lipinski definition) is 6. The van der Waals surface area contributed by atoms with Crippen molar-refractivity contribution in [1.29, 1.82) is 0 Å². The van der Waals surface area contributed by atoms with Gasteiger partial charge in [-0.25, -0.2) is 5.43 Å². The molecule has 0 unspecified atom stereocenters. The van der Waals surface area contributed by atoms with Crippen molar-refractivity contribution in [1.82, 2.24) is 20.2 Å². The summed E-state index contributed by atoms with van der Waals surface area (Å²) >= 11 is 1.30. The Morgan fingerprint density at radius 2 is 1.85 bits per heavy atom. The van der Waals surface area contributed by atoms with Crippen LogP contribution in [0, 0.1) is 6.92 Å². The first-order chi connectivity index (χ1) is 16.6. The lowest BCUT2D eigenvalue weighted by Gasteiger charge is -2.11. The summed E-state index contributed by atoms with van der Waals surface area (Å²) in [6.45, 7) is 4.56. The van der Waals surface area contributed by atoms with Crippen LogP contribution in [0.3, 0.4) is 0 Å². The minimum absolute atomic E-state index is 0.148. The van der Waals surface area contributed by atoms with Crippen LogP contribution in [0.4, 0.5) is 0 Å². The Morgan fingerprint density at radius 3 is 2.59 bits per heavy atom. The molecule has 1 aromatic heterocycles. The van der Waals surface area contributed by atoms with E-state index in [2.05, 4.69) is 20.7 Å². The number of hydrogen-bond donors (Lipinski definition) is 1. The third-order valence-electron chi connectivity index (χ3n) is 4.85. The van der Waals surface area contributed by atoms with Crippen LogP contribution >= 0.6 is 11.8 Å². The first-order valence-corrected chi connectivity index (χ1v) is 11.9. The molecular formula is C26H25N5O2S. The fourth-order valence-electron chi connectivity index (χ4n) is 3.32. The smallest absolute Gasteiger partial charge is 0.250 e. The van der Waals surface area contributed by atoms with E-state index in [1.165, 1.54) is 11.8 Å². The molecule has 0 atom stereocenters. The summed E-state index contributed by atoms with van der Waals surface area (Å²) in [5.41, 5.74) is 6.45. The lowest BCUT2D eigenvalue weighted by atomic mass is 10.2. The lowest BCUT2D eigenvalue weighted by Crippen LogP contribution is -2.20. The first-order valence-electron chi connectivity index (χ1n) is 10.9. The van der Waals surface area contributed by atoms with Crippen LogP contribution < -0.4 is 10.2 Å². The molecule has 0 spiro atoms. The van der Waals surface area contributed by atoms with Gasteiger partial charge in [-0.05, 0) is 43.7 Å². The number of rotatable bonds is 9. The molecule has 0 bridgehead atoms. The predicted molar refractivity (Wildman–Crippen MR) is 136 cm³/mol. The summed E-state index contributed by atoms with van der Waals surface area (Å²) in [5.74, 6) is 1.41. The molecule has 0 fully saturated rings. The van der Waals surface area contributed by atoms with E-state index in [9.17, 15) is 4.79 Å². The average Bonchev–Trinajstić information content (AvgIpc) is 3.28. The Morgan fingerprint density at radius 1 is 1.06 bits per heavy atom. The molecule has 0 aliphatic rings. The highest BCUT2D eigenvalue weighted by Crippen LogP contribution is 2.28. The van der Waals surface area contributed by atoms with Gasteiger partial charge in [0, 0.05) is 11.3 Å². The molecule has 4 aromatic rings. The fourth-order valence-corrected chi connectivity index (χ4v) is 4.06. The van der Waals surface area contributed by atoms with Gasteiger partial charge in [0.25, 0.3) is 5.91 Å². The van der Waals surface area contributed by atoms with Crippen molar-refractivity contribution in [3.63, 3.8) is 0 Å². The number of thioether (sulfide) groups is 1. The first kappa shape index (κ1) is 23.3. The van der Waals surface area contributed by atoms with Crippen molar-refractivity contribution in [3.8, 4) is 22.8 Å². The second-order valence-electron chi connectivity index (χ2n) is 7.43. The number of carbonyl (C=O) groups excluding carboxylic acids is 1. The van der Waals surface area contributed by atoms with Gasteiger partial charge in [0.15, 0.2) is 11.0 Å². The predicted octanol–water partition coefficient (Wildman–Crippen LogP) is 4.88. The molecule has 172 valence electrons. The van der Waals surface area contributed by atoms with Crippen molar-refractivity contribution in [2.75, 3.05) is 12.4 Å². The number of aromatic nitrogens is 3. The number of carbonyl (C=O) groups is 1. The van der Waals surface area contributed by atoms with Crippen molar-refractivity contribution >= 4 is 23.9 Å². The average molecular weight is 472 g/mol. The molecule has 1 amide bonds. The highest BCUT2D eigenvalue weighted by atomic mass is 32.2. The molecule has 0 radical (unpaired) electrons. The maximum absolute atomic E-state index is 12.4. The normalized spacial score (nSPS) is 11.0. The van der Waals surface area contributed by atoms with Gasteiger partial charge in [-0.3, -0.25) is 9.36 Å². The molecule has 0 aliphatic carbocycles. The molecule has 7 nitrogen and oxygen atoms in total. The minimum Gasteiger partial charge on any atom is -0.494 e. The van der Waals surface area contributed by atoms with Crippen LogP contribution in [0.25, 0.3) is 17.1 Å².